The second kappa shape index (κ2) is 5.95. The highest BCUT2D eigenvalue weighted by Crippen LogP contribution is 2.13. The molecule has 2 rings (SSSR count). The number of nitrogens with one attached hydrogen (secondary N) is 2. The Morgan fingerprint density at radius 1 is 1.32 bits per heavy atom. The normalized spacial score (nSPS) is 10.0. The van der Waals surface area contributed by atoms with Gasteiger partial charge in [-0.2, -0.15) is 0 Å². The third-order valence-corrected chi connectivity index (χ3v) is 2.63. The lowest BCUT2D eigenvalue weighted by molar-refractivity contribution is 0.102. The van der Waals surface area contributed by atoms with E-state index in [0.29, 0.717) is 17.2 Å². The Morgan fingerprint density at radius 3 is 2.89 bits per heavy atom. The molecule has 0 radical (unpaired) electrons. The number of rotatable bonds is 4. The van der Waals surface area contributed by atoms with Crippen LogP contribution in [-0.2, 0) is 0 Å². The molecule has 0 aliphatic rings. The Hall–Kier alpha value is -2.43. The number of carbonyl (C=O) groups excluding carboxylic acids is 1. The van der Waals surface area contributed by atoms with Crippen molar-refractivity contribution in [1.82, 2.24) is 9.97 Å². The monoisotopic (exact) mass is 256 g/mol. The molecule has 2 heterocycles. The lowest BCUT2D eigenvalue weighted by Crippen LogP contribution is -2.15. The predicted molar refractivity (Wildman–Crippen MR) is 75.3 cm³/mol. The zero-order valence-corrected chi connectivity index (χ0v) is 11.0. The van der Waals surface area contributed by atoms with Crippen LogP contribution < -0.4 is 10.6 Å². The van der Waals surface area contributed by atoms with Crippen LogP contribution in [0.15, 0.2) is 36.7 Å². The molecule has 98 valence electrons. The van der Waals surface area contributed by atoms with Crippen LogP contribution >= 0.6 is 0 Å². The fourth-order valence-electron chi connectivity index (χ4n) is 1.62. The van der Waals surface area contributed by atoms with Crippen LogP contribution in [0.4, 0.5) is 11.5 Å². The maximum absolute atomic E-state index is 12.1. The van der Waals surface area contributed by atoms with Crippen LogP contribution in [-0.4, -0.2) is 22.4 Å². The average molecular weight is 256 g/mol. The van der Waals surface area contributed by atoms with Gasteiger partial charge >= 0.3 is 0 Å². The van der Waals surface area contributed by atoms with Gasteiger partial charge in [0.2, 0.25) is 0 Å². The molecule has 19 heavy (non-hydrogen) atoms. The lowest BCUT2D eigenvalue weighted by atomic mass is 10.2. The largest absolute Gasteiger partial charge is 0.370 e. The standard InChI is InChI=1S/C14H16N4O/c1-3-16-13-6-4-5-11(17-13)14(19)18-12-9-15-8-7-10(12)2/h4-9H,3H2,1-2H3,(H,16,17)(H,18,19). The molecule has 5 heteroatoms. The zero-order valence-electron chi connectivity index (χ0n) is 11.0. The van der Waals surface area contributed by atoms with Gasteiger partial charge in [0.25, 0.3) is 5.91 Å². The van der Waals surface area contributed by atoms with E-state index in [2.05, 4.69) is 20.6 Å². The quantitative estimate of drug-likeness (QED) is 0.881. The van der Waals surface area contributed by atoms with Gasteiger partial charge in [-0.05, 0) is 37.6 Å². The smallest absolute Gasteiger partial charge is 0.274 e. The van der Waals surface area contributed by atoms with Gasteiger partial charge in [-0.15, -0.1) is 0 Å². The molecule has 0 fully saturated rings. The Kier molecular flexibility index (Phi) is 4.07. The first kappa shape index (κ1) is 13.0. The minimum absolute atomic E-state index is 0.240. The van der Waals surface area contributed by atoms with Crippen LogP contribution in [0.5, 0.6) is 0 Å². The van der Waals surface area contributed by atoms with E-state index in [1.807, 2.05) is 26.0 Å². The minimum atomic E-state index is -0.240. The molecule has 0 atom stereocenters. The number of carbonyl (C=O) groups is 1. The van der Waals surface area contributed by atoms with Gasteiger partial charge in [0, 0.05) is 12.7 Å². The Balaban J connectivity index is 2.16. The minimum Gasteiger partial charge on any atom is -0.370 e. The van der Waals surface area contributed by atoms with Crippen molar-refractivity contribution in [2.24, 2.45) is 0 Å². The number of nitrogens with zero attached hydrogens (tertiary/aromatic N) is 2. The number of aryl methyl sites for hydroxylation is 1. The molecule has 1 amide bonds. The zero-order chi connectivity index (χ0) is 13.7. The summed E-state index contributed by atoms with van der Waals surface area (Å²) in [5, 5.41) is 5.88. The van der Waals surface area contributed by atoms with Gasteiger partial charge in [0.15, 0.2) is 0 Å². The molecular formula is C14H16N4O. The summed E-state index contributed by atoms with van der Waals surface area (Å²) in [5.41, 5.74) is 2.04. The highest BCUT2D eigenvalue weighted by atomic mass is 16.1. The fraction of sp³-hybridized carbons (Fsp3) is 0.214. The van der Waals surface area contributed by atoms with Crippen molar-refractivity contribution in [3.05, 3.63) is 47.9 Å². The Bertz CT molecular complexity index is 583. The van der Waals surface area contributed by atoms with Gasteiger partial charge in [0.1, 0.15) is 11.5 Å². The van der Waals surface area contributed by atoms with Crippen LogP contribution in [0.25, 0.3) is 0 Å². The summed E-state index contributed by atoms with van der Waals surface area (Å²) < 4.78 is 0. The van der Waals surface area contributed by atoms with Crippen LogP contribution in [0.3, 0.4) is 0 Å². The van der Waals surface area contributed by atoms with Gasteiger partial charge in [-0.25, -0.2) is 4.98 Å². The molecule has 0 unspecified atom stereocenters. The Labute approximate surface area is 112 Å². The summed E-state index contributed by atoms with van der Waals surface area (Å²) in [6.45, 7) is 4.66. The van der Waals surface area contributed by atoms with Crippen molar-refractivity contribution in [3.8, 4) is 0 Å². The number of amides is 1. The summed E-state index contributed by atoms with van der Waals surface area (Å²) in [6, 6.07) is 7.16. The van der Waals surface area contributed by atoms with E-state index >= 15 is 0 Å². The van der Waals surface area contributed by atoms with Gasteiger partial charge in [0.05, 0.1) is 11.9 Å². The maximum Gasteiger partial charge on any atom is 0.274 e. The average Bonchev–Trinajstić information content (AvgIpc) is 2.42. The van der Waals surface area contributed by atoms with E-state index in [1.54, 1.807) is 24.5 Å². The Morgan fingerprint density at radius 2 is 2.16 bits per heavy atom. The summed E-state index contributed by atoms with van der Waals surface area (Å²) in [6.07, 6.45) is 3.32. The molecule has 5 nitrogen and oxygen atoms in total. The molecule has 0 aliphatic heterocycles. The number of aromatic nitrogens is 2. The third kappa shape index (κ3) is 3.28. The molecular weight excluding hydrogens is 240 g/mol. The second-order valence-electron chi connectivity index (χ2n) is 4.08. The molecule has 2 aromatic heterocycles. The van der Waals surface area contributed by atoms with Gasteiger partial charge in [-0.3, -0.25) is 9.78 Å². The van der Waals surface area contributed by atoms with Crippen molar-refractivity contribution in [2.45, 2.75) is 13.8 Å². The maximum atomic E-state index is 12.1. The van der Waals surface area contributed by atoms with Crippen molar-refractivity contribution >= 4 is 17.4 Å². The van der Waals surface area contributed by atoms with Crippen molar-refractivity contribution in [3.63, 3.8) is 0 Å². The van der Waals surface area contributed by atoms with E-state index in [4.69, 9.17) is 0 Å². The van der Waals surface area contributed by atoms with E-state index in [-0.39, 0.29) is 5.91 Å². The molecule has 2 aromatic rings. The summed E-state index contributed by atoms with van der Waals surface area (Å²) >= 11 is 0. The van der Waals surface area contributed by atoms with E-state index in [9.17, 15) is 4.79 Å². The summed E-state index contributed by atoms with van der Waals surface area (Å²) in [7, 11) is 0. The molecule has 2 N–H and O–H groups in total. The number of hydrogen-bond acceptors (Lipinski definition) is 4. The number of anilines is 2. The first-order chi connectivity index (χ1) is 9.20. The first-order valence-electron chi connectivity index (χ1n) is 6.13. The molecule has 0 spiro atoms. The van der Waals surface area contributed by atoms with Crippen molar-refractivity contribution in [1.29, 1.82) is 0 Å². The molecule has 0 saturated carbocycles. The highest BCUT2D eigenvalue weighted by molar-refractivity contribution is 6.03. The van der Waals surface area contributed by atoms with Crippen molar-refractivity contribution in [2.75, 3.05) is 17.2 Å². The van der Waals surface area contributed by atoms with Gasteiger partial charge in [-0.1, -0.05) is 6.07 Å². The molecule has 0 aromatic carbocycles. The summed E-state index contributed by atoms with van der Waals surface area (Å²) in [5.74, 6) is 0.453. The third-order valence-electron chi connectivity index (χ3n) is 2.63. The fourth-order valence-corrected chi connectivity index (χ4v) is 1.62. The molecule has 0 saturated heterocycles. The second-order valence-corrected chi connectivity index (χ2v) is 4.08. The van der Waals surface area contributed by atoms with Crippen molar-refractivity contribution < 1.29 is 4.79 Å². The van der Waals surface area contributed by atoms with Crippen LogP contribution in [0.2, 0.25) is 0 Å². The van der Waals surface area contributed by atoms with Crippen LogP contribution in [0.1, 0.15) is 23.0 Å². The predicted octanol–water partition coefficient (Wildman–Crippen LogP) is 2.47. The number of pyridine rings is 2. The van der Waals surface area contributed by atoms with Gasteiger partial charge < -0.3 is 10.6 Å². The van der Waals surface area contributed by atoms with E-state index in [1.165, 1.54) is 0 Å². The lowest BCUT2D eigenvalue weighted by Gasteiger charge is -2.08. The molecule has 0 bridgehead atoms. The van der Waals surface area contributed by atoms with Crippen LogP contribution in [0, 0.1) is 6.92 Å². The first-order valence-corrected chi connectivity index (χ1v) is 6.13. The van der Waals surface area contributed by atoms with E-state index < -0.39 is 0 Å². The number of hydrogen-bond donors (Lipinski definition) is 2. The summed E-state index contributed by atoms with van der Waals surface area (Å²) in [4.78, 5) is 20.3. The SMILES string of the molecule is CCNc1cccc(C(=O)Nc2cnccc2C)n1. The highest BCUT2D eigenvalue weighted by Gasteiger charge is 2.09. The van der Waals surface area contributed by atoms with E-state index in [0.717, 1.165) is 12.1 Å². The molecule has 0 aliphatic carbocycles. The topological polar surface area (TPSA) is 66.9 Å².